The van der Waals surface area contributed by atoms with Gasteiger partial charge in [-0.05, 0) is 97.9 Å². The van der Waals surface area contributed by atoms with Crippen LogP contribution in [0.5, 0.6) is 23.0 Å². The summed E-state index contributed by atoms with van der Waals surface area (Å²) in [6, 6.07) is 8.39. The minimum absolute atomic E-state index is 0.490. The van der Waals surface area contributed by atoms with E-state index in [1.165, 1.54) is 154 Å². The van der Waals surface area contributed by atoms with E-state index in [1.807, 2.05) is 0 Å². The monoisotopic (exact) mass is 707 g/mol. The van der Waals surface area contributed by atoms with Crippen LogP contribution in [0.2, 0.25) is 0 Å². The Morgan fingerprint density at radius 2 is 0.510 bits per heavy atom. The van der Waals surface area contributed by atoms with Gasteiger partial charge in [-0.2, -0.15) is 0 Å². The number of hydrogen-bond acceptors (Lipinski definition) is 3. The number of rotatable bonds is 34. The van der Waals surface area contributed by atoms with Gasteiger partial charge in [0.1, 0.15) is 23.0 Å². The van der Waals surface area contributed by atoms with Gasteiger partial charge >= 0.3 is 0 Å². The van der Waals surface area contributed by atoms with Gasteiger partial charge in [0, 0.05) is 0 Å². The van der Waals surface area contributed by atoms with E-state index in [0.717, 1.165) is 85.1 Å². The number of phenols is 2. The van der Waals surface area contributed by atoms with Gasteiger partial charge in [0.05, 0.1) is 0 Å². The molecule has 0 aromatic heterocycles. The van der Waals surface area contributed by atoms with E-state index in [2.05, 4.69) is 52.0 Å². The third kappa shape index (κ3) is 20.6. The van der Waals surface area contributed by atoms with Crippen LogP contribution in [0.25, 0.3) is 0 Å². The van der Waals surface area contributed by atoms with Crippen LogP contribution in [0, 0.1) is 0 Å². The zero-order valence-electron chi connectivity index (χ0n) is 34.2. The molecule has 0 spiro atoms. The van der Waals surface area contributed by atoms with Crippen LogP contribution in [-0.4, -0.2) is 10.2 Å². The topological polar surface area (TPSA) is 49.7 Å². The highest BCUT2D eigenvalue weighted by Gasteiger charge is 2.15. The van der Waals surface area contributed by atoms with Gasteiger partial charge < -0.3 is 14.9 Å². The van der Waals surface area contributed by atoms with Gasteiger partial charge in [-0.15, -0.1) is 0 Å². The molecule has 0 atom stereocenters. The lowest BCUT2D eigenvalue weighted by Crippen LogP contribution is -1.98. The molecule has 2 aromatic carbocycles. The zero-order valence-corrected chi connectivity index (χ0v) is 34.2. The summed E-state index contributed by atoms with van der Waals surface area (Å²) >= 11 is 0. The molecule has 0 unspecified atom stereocenters. The normalized spacial score (nSPS) is 11.5. The number of aromatic hydroxyl groups is 2. The smallest absolute Gasteiger partial charge is 0.128 e. The Labute approximate surface area is 316 Å². The van der Waals surface area contributed by atoms with Crippen LogP contribution in [0.15, 0.2) is 24.3 Å². The molecule has 0 aliphatic carbocycles. The van der Waals surface area contributed by atoms with Gasteiger partial charge in [0.15, 0.2) is 0 Å². The second-order valence-corrected chi connectivity index (χ2v) is 15.8. The molecule has 3 nitrogen and oxygen atoms in total. The van der Waals surface area contributed by atoms with Crippen LogP contribution >= 0.6 is 0 Å². The first-order chi connectivity index (χ1) is 25.0. The SMILES string of the molecule is CCCCCCCCCc1cc(Oc2cc(CCCCCCCCC)c(O)c(CCCCCCCCC)c2)cc(CCCCCCCCC)c1O. The minimum Gasteiger partial charge on any atom is -0.507 e. The lowest BCUT2D eigenvalue weighted by molar-refractivity contribution is 0.440. The van der Waals surface area contributed by atoms with Crippen LogP contribution < -0.4 is 4.74 Å². The molecular weight excluding hydrogens is 625 g/mol. The molecular formula is C48H82O3. The maximum absolute atomic E-state index is 11.4. The highest BCUT2D eigenvalue weighted by atomic mass is 16.5. The molecule has 0 heterocycles. The van der Waals surface area contributed by atoms with E-state index >= 15 is 0 Å². The fourth-order valence-corrected chi connectivity index (χ4v) is 7.56. The van der Waals surface area contributed by atoms with E-state index in [1.54, 1.807) is 0 Å². The maximum Gasteiger partial charge on any atom is 0.128 e. The molecule has 0 amide bonds. The van der Waals surface area contributed by atoms with Gasteiger partial charge in [0.2, 0.25) is 0 Å². The standard InChI is InChI=1S/C48H82O3/c1-5-9-13-17-21-25-29-33-41-37-45(38-42(47(41)49)34-30-26-22-18-14-10-6-2)51-46-39-43(35-31-27-23-19-15-11-7-3)48(50)44(40-46)36-32-28-24-20-16-12-8-4/h37-40,49-50H,5-36H2,1-4H3. The van der Waals surface area contributed by atoms with Gasteiger partial charge in [-0.1, -0.05) is 182 Å². The van der Waals surface area contributed by atoms with Crippen molar-refractivity contribution in [2.24, 2.45) is 0 Å². The quantitative estimate of drug-likeness (QED) is 0.0712. The minimum atomic E-state index is 0.490. The molecule has 0 fully saturated rings. The molecule has 0 bridgehead atoms. The summed E-state index contributed by atoms with van der Waals surface area (Å²) in [6.45, 7) is 9.09. The van der Waals surface area contributed by atoms with Crippen LogP contribution in [-0.2, 0) is 25.7 Å². The van der Waals surface area contributed by atoms with Gasteiger partial charge in [0.25, 0.3) is 0 Å². The van der Waals surface area contributed by atoms with Crippen molar-refractivity contribution in [1.29, 1.82) is 0 Å². The van der Waals surface area contributed by atoms with Crippen LogP contribution in [0.4, 0.5) is 0 Å². The summed E-state index contributed by atoms with van der Waals surface area (Å²) in [5.74, 6) is 2.64. The Kier molecular flexibility index (Phi) is 26.7. The number of phenolic OH excluding ortho intramolecular Hbond substituents is 2. The van der Waals surface area contributed by atoms with E-state index in [-0.39, 0.29) is 0 Å². The Bertz CT molecular complexity index is 956. The maximum atomic E-state index is 11.4. The zero-order chi connectivity index (χ0) is 36.8. The van der Waals surface area contributed by atoms with Gasteiger partial charge in [-0.3, -0.25) is 0 Å². The first-order valence-corrected chi connectivity index (χ1v) is 22.4. The van der Waals surface area contributed by atoms with E-state index in [0.29, 0.717) is 11.5 Å². The Morgan fingerprint density at radius 3 is 0.725 bits per heavy atom. The van der Waals surface area contributed by atoms with Crippen molar-refractivity contribution in [3.05, 3.63) is 46.5 Å². The highest BCUT2D eigenvalue weighted by Crippen LogP contribution is 2.37. The lowest BCUT2D eigenvalue weighted by atomic mass is 9.97. The molecule has 3 heteroatoms. The molecule has 0 saturated carbocycles. The lowest BCUT2D eigenvalue weighted by Gasteiger charge is -2.17. The first-order valence-electron chi connectivity index (χ1n) is 22.4. The summed E-state index contributed by atoms with van der Waals surface area (Å²) in [5, 5.41) is 22.9. The van der Waals surface area contributed by atoms with Crippen molar-refractivity contribution < 1.29 is 14.9 Å². The summed E-state index contributed by atoms with van der Waals surface area (Å²) in [6.07, 6.45) is 39.0. The number of benzene rings is 2. The fraction of sp³-hybridized carbons (Fsp3) is 0.750. The number of ether oxygens (including phenoxy) is 1. The molecule has 0 aliphatic rings. The molecule has 0 saturated heterocycles. The molecule has 292 valence electrons. The number of aryl methyl sites for hydroxylation is 4. The summed E-state index contributed by atoms with van der Waals surface area (Å²) in [4.78, 5) is 0. The average Bonchev–Trinajstić information content (AvgIpc) is 3.13. The Hall–Kier alpha value is -2.16. The molecule has 0 radical (unpaired) electrons. The number of hydrogen-bond donors (Lipinski definition) is 2. The van der Waals surface area contributed by atoms with Crippen molar-refractivity contribution in [2.75, 3.05) is 0 Å². The molecule has 51 heavy (non-hydrogen) atoms. The largest absolute Gasteiger partial charge is 0.507 e. The van der Waals surface area contributed by atoms with Gasteiger partial charge in [-0.25, -0.2) is 0 Å². The van der Waals surface area contributed by atoms with Crippen molar-refractivity contribution in [2.45, 2.75) is 233 Å². The summed E-state index contributed by atoms with van der Waals surface area (Å²) < 4.78 is 6.72. The fourth-order valence-electron chi connectivity index (χ4n) is 7.56. The Balaban J connectivity index is 2.21. The van der Waals surface area contributed by atoms with Crippen molar-refractivity contribution in [3.8, 4) is 23.0 Å². The predicted molar refractivity (Wildman–Crippen MR) is 223 cm³/mol. The summed E-state index contributed by atoms with van der Waals surface area (Å²) in [7, 11) is 0. The molecule has 2 N–H and O–H groups in total. The van der Waals surface area contributed by atoms with Crippen molar-refractivity contribution >= 4 is 0 Å². The van der Waals surface area contributed by atoms with E-state index in [4.69, 9.17) is 4.74 Å². The van der Waals surface area contributed by atoms with Crippen molar-refractivity contribution in [3.63, 3.8) is 0 Å². The molecule has 2 rings (SSSR count). The first kappa shape index (κ1) is 45.0. The second kappa shape index (κ2) is 30.3. The second-order valence-electron chi connectivity index (χ2n) is 15.8. The van der Waals surface area contributed by atoms with E-state index in [9.17, 15) is 10.2 Å². The summed E-state index contributed by atoms with van der Waals surface area (Å²) in [5.41, 5.74) is 4.13. The van der Waals surface area contributed by atoms with Crippen LogP contribution in [0.3, 0.4) is 0 Å². The van der Waals surface area contributed by atoms with Crippen LogP contribution in [0.1, 0.15) is 230 Å². The molecule has 2 aromatic rings. The Morgan fingerprint density at radius 1 is 0.314 bits per heavy atom. The van der Waals surface area contributed by atoms with E-state index < -0.39 is 0 Å². The third-order valence-electron chi connectivity index (χ3n) is 10.9. The average molecular weight is 707 g/mol. The predicted octanol–water partition coefficient (Wildman–Crippen LogP) is 16.1. The third-order valence-corrected chi connectivity index (χ3v) is 10.9. The number of unbranched alkanes of at least 4 members (excludes halogenated alkanes) is 24. The highest BCUT2D eigenvalue weighted by molar-refractivity contribution is 5.51. The molecule has 0 aliphatic heterocycles. The van der Waals surface area contributed by atoms with Crippen molar-refractivity contribution in [1.82, 2.24) is 0 Å².